The van der Waals surface area contributed by atoms with Crippen LogP contribution in [0.3, 0.4) is 0 Å². The van der Waals surface area contributed by atoms with E-state index in [9.17, 15) is 4.79 Å². The number of carbonyl (C=O) groups excluding carboxylic acids is 1. The minimum atomic E-state index is -0.366. The quantitative estimate of drug-likeness (QED) is 0.776. The summed E-state index contributed by atoms with van der Waals surface area (Å²) in [5.74, 6) is 0.284. The van der Waals surface area contributed by atoms with Crippen molar-refractivity contribution in [3.05, 3.63) is 36.0 Å². The van der Waals surface area contributed by atoms with E-state index in [0.29, 0.717) is 12.4 Å². The highest BCUT2D eigenvalue weighted by atomic mass is 16.6. The predicted molar refractivity (Wildman–Crippen MR) is 68.6 cm³/mol. The van der Waals surface area contributed by atoms with Crippen LogP contribution in [0, 0.1) is 6.92 Å². The van der Waals surface area contributed by atoms with Crippen LogP contribution >= 0.6 is 0 Å². The lowest BCUT2D eigenvalue weighted by molar-refractivity contribution is -0.145. The molecule has 0 saturated heterocycles. The van der Waals surface area contributed by atoms with Gasteiger partial charge in [0.15, 0.2) is 6.61 Å². The Morgan fingerprint density at radius 2 is 2.17 bits per heavy atom. The minimum Gasteiger partial charge on any atom is -0.481 e. The van der Waals surface area contributed by atoms with E-state index < -0.39 is 0 Å². The summed E-state index contributed by atoms with van der Waals surface area (Å²) in [6, 6.07) is 7.61. The van der Waals surface area contributed by atoms with Crippen LogP contribution in [-0.2, 0) is 9.53 Å². The van der Waals surface area contributed by atoms with Crippen molar-refractivity contribution in [1.29, 1.82) is 0 Å². The fraction of sp³-hybridized carbons (Fsp3) is 0.286. The first-order valence-electron chi connectivity index (χ1n) is 5.85. The first-order valence-corrected chi connectivity index (χ1v) is 5.85. The second kappa shape index (κ2) is 5.49. The van der Waals surface area contributed by atoms with Gasteiger partial charge in [-0.3, -0.25) is 4.98 Å². The Morgan fingerprint density at radius 3 is 2.94 bits per heavy atom. The third kappa shape index (κ3) is 2.59. The predicted octanol–water partition coefficient (Wildman–Crippen LogP) is 2.49. The molecule has 4 heteroatoms. The van der Waals surface area contributed by atoms with E-state index in [-0.39, 0.29) is 12.6 Å². The third-order valence-corrected chi connectivity index (χ3v) is 2.58. The maximum Gasteiger partial charge on any atom is 0.344 e. The van der Waals surface area contributed by atoms with Crippen LogP contribution in [0.4, 0.5) is 0 Å². The van der Waals surface area contributed by atoms with Crippen molar-refractivity contribution in [1.82, 2.24) is 4.98 Å². The van der Waals surface area contributed by atoms with E-state index >= 15 is 0 Å². The molecule has 1 aromatic heterocycles. The van der Waals surface area contributed by atoms with Gasteiger partial charge < -0.3 is 9.47 Å². The number of hydrogen-bond acceptors (Lipinski definition) is 4. The molecule has 94 valence electrons. The summed E-state index contributed by atoms with van der Waals surface area (Å²) in [7, 11) is 0. The van der Waals surface area contributed by atoms with Gasteiger partial charge >= 0.3 is 5.97 Å². The maximum atomic E-state index is 11.3. The number of pyridine rings is 1. The highest BCUT2D eigenvalue weighted by molar-refractivity contribution is 5.87. The van der Waals surface area contributed by atoms with Crippen molar-refractivity contribution >= 4 is 16.9 Å². The topological polar surface area (TPSA) is 48.4 Å². The molecule has 0 fully saturated rings. The zero-order chi connectivity index (χ0) is 13.0. The molecule has 0 bridgehead atoms. The normalized spacial score (nSPS) is 10.3. The van der Waals surface area contributed by atoms with Gasteiger partial charge in [0.05, 0.1) is 12.1 Å². The Hall–Kier alpha value is -2.10. The van der Waals surface area contributed by atoms with Gasteiger partial charge in [-0.25, -0.2) is 4.79 Å². The lowest BCUT2D eigenvalue weighted by Crippen LogP contribution is -2.14. The number of aryl methyl sites for hydroxylation is 1. The monoisotopic (exact) mass is 245 g/mol. The van der Waals surface area contributed by atoms with E-state index in [1.807, 2.05) is 25.1 Å². The summed E-state index contributed by atoms with van der Waals surface area (Å²) < 4.78 is 10.3. The standard InChI is InChI=1S/C14H15NO3/c1-3-17-13(16)9-18-12-7-8-15-14-10(2)5-4-6-11(12)14/h4-8H,3,9H2,1-2H3. The molecule has 0 N–H and O–H groups in total. The first kappa shape index (κ1) is 12.4. The molecule has 2 rings (SSSR count). The molecule has 0 amide bonds. The molecular formula is C14H15NO3. The molecule has 0 saturated carbocycles. The second-order valence-electron chi connectivity index (χ2n) is 3.87. The van der Waals surface area contributed by atoms with Gasteiger partial charge in [0, 0.05) is 11.6 Å². The van der Waals surface area contributed by atoms with Crippen molar-refractivity contribution in [2.24, 2.45) is 0 Å². The van der Waals surface area contributed by atoms with Crippen LogP contribution in [0.2, 0.25) is 0 Å². The van der Waals surface area contributed by atoms with E-state index in [0.717, 1.165) is 16.5 Å². The Bertz CT molecular complexity index is 566. The number of rotatable bonds is 4. The molecule has 4 nitrogen and oxygen atoms in total. The van der Waals surface area contributed by atoms with Gasteiger partial charge in [-0.15, -0.1) is 0 Å². The molecule has 2 aromatic rings. The summed E-state index contributed by atoms with van der Waals surface area (Å²) in [6.07, 6.45) is 1.68. The molecule has 0 aliphatic carbocycles. The van der Waals surface area contributed by atoms with Crippen molar-refractivity contribution in [3.8, 4) is 5.75 Å². The minimum absolute atomic E-state index is 0.0824. The van der Waals surface area contributed by atoms with E-state index in [2.05, 4.69) is 4.98 Å². The number of para-hydroxylation sites is 1. The number of esters is 1. The summed E-state index contributed by atoms with van der Waals surface area (Å²) in [6.45, 7) is 4.03. The van der Waals surface area contributed by atoms with Crippen molar-refractivity contribution in [3.63, 3.8) is 0 Å². The zero-order valence-corrected chi connectivity index (χ0v) is 10.5. The number of aromatic nitrogens is 1. The molecule has 0 atom stereocenters. The number of fused-ring (bicyclic) bond motifs is 1. The second-order valence-corrected chi connectivity index (χ2v) is 3.87. The van der Waals surface area contributed by atoms with E-state index in [1.165, 1.54) is 0 Å². The fourth-order valence-electron chi connectivity index (χ4n) is 1.76. The summed E-state index contributed by atoms with van der Waals surface area (Å²) in [4.78, 5) is 15.6. The Kier molecular flexibility index (Phi) is 3.77. The molecule has 1 heterocycles. The molecule has 0 aliphatic rings. The fourth-order valence-corrected chi connectivity index (χ4v) is 1.76. The maximum absolute atomic E-state index is 11.3. The van der Waals surface area contributed by atoms with Gasteiger partial charge in [0.1, 0.15) is 5.75 Å². The summed E-state index contributed by atoms with van der Waals surface area (Å²) >= 11 is 0. The van der Waals surface area contributed by atoms with Gasteiger partial charge in [0.2, 0.25) is 0 Å². The summed E-state index contributed by atoms with van der Waals surface area (Å²) in [5, 5.41) is 0.904. The van der Waals surface area contributed by atoms with Crippen LogP contribution in [0.5, 0.6) is 5.75 Å². The molecule has 0 unspecified atom stereocenters. The number of nitrogens with zero attached hydrogens (tertiary/aromatic N) is 1. The number of benzene rings is 1. The third-order valence-electron chi connectivity index (χ3n) is 2.58. The van der Waals surface area contributed by atoms with Crippen LogP contribution in [0.1, 0.15) is 12.5 Å². The lowest BCUT2D eigenvalue weighted by atomic mass is 10.1. The van der Waals surface area contributed by atoms with Gasteiger partial charge in [0.25, 0.3) is 0 Å². The molecule has 18 heavy (non-hydrogen) atoms. The number of hydrogen-bond donors (Lipinski definition) is 0. The Balaban J connectivity index is 2.23. The summed E-state index contributed by atoms with van der Waals surface area (Å²) in [5.41, 5.74) is 1.97. The Morgan fingerprint density at radius 1 is 1.33 bits per heavy atom. The number of ether oxygens (including phenoxy) is 2. The van der Waals surface area contributed by atoms with Crippen molar-refractivity contribution in [2.75, 3.05) is 13.2 Å². The van der Waals surface area contributed by atoms with Gasteiger partial charge in [-0.1, -0.05) is 12.1 Å². The van der Waals surface area contributed by atoms with Gasteiger partial charge in [-0.2, -0.15) is 0 Å². The largest absolute Gasteiger partial charge is 0.481 e. The van der Waals surface area contributed by atoms with E-state index in [4.69, 9.17) is 9.47 Å². The number of carbonyl (C=O) groups is 1. The SMILES string of the molecule is CCOC(=O)COc1ccnc2c(C)cccc12. The van der Waals surface area contributed by atoms with Crippen LogP contribution in [-0.4, -0.2) is 24.2 Å². The molecule has 1 aromatic carbocycles. The average molecular weight is 245 g/mol. The van der Waals surface area contributed by atoms with Crippen molar-refractivity contribution < 1.29 is 14.3 Å². The first-order chi connectivity index (χ1) is 8.72. The molecule has 0 spiro atoms. The molecule has 0 radical (unpaired) electrons. The molecule has 0 aliphatic heterocycles. The van der Waals surface area contributed by atoms with E-state index in [1.54, 1.807) is 19.2 Å². The molecular weight excluding hydrogens is 230 g/mol. The zero-order valence-electron chi connectivity index (χ0n) is 10.5. The highest BCUT2D eigenvalue weighted by Gasteiger charge is 2.07. The highest BCUT2D eigenvalue weighted by Crippen LogP contribution is 2.25. The average Bonchev–Trinajstić information content (AvgIpc) is 2.37. The lowest BCUT2D eigenvalue weighted by Gasteiger charge is -2.09. The smallest absolute Gasteiger partial charge is 0.344 e. The van der Waals surface area contributed by atoms with Gasteiger partial charge in [-0.05, 0) is 31.5 Å². The van der Waals surface area contributed by atoms with Crippen LogP contribution < -0.4 is 4.74 Å². The van der Waals surface area contributed by atoms with Crippen molar-refractivity contribution in [2.45, 2.75) is 13.8 Å². The van der Waals surface area contributed by atoms with Crippen LogP contribution in [0.25, 0.3) is 10.9 Å². The Labute approximate surface area is 106 Å². The van der Waals surface area contributed by atoms with Crippen LogP contribution in [0.15, 0.2) is 30.5 Å².